The van der Waals surface area contributed by atoms with Crippen LogP contribution in [0.1, 0.15) is 37.6 Å². The molecule has 2 N–H and O–H groups in total. The number of nitrogens with zero attached hydrogens (tertiary/aromatic N) is 3. The second-order valence-electron chi connectivity index (χ2n) is 5.60. The fraction of sp³-hybridized carbons (Fsp3) is 0.438. The molecule has 2 aromatic rings. The lowest BCUT2D eigenvalue weighted by Gasteiger charge is -2.18. The van der Waals surface area contributed by atoms with E-state index in [2.05, 4.69) is 52.9 Å². The molecule has 1 aliphatic heterocycles. The monoisotopic (exact) mass is 270 g/mol. The predicted molar refractivity (Wildman–Crippen MR) is 82.8 cm³/mol. The molecule has 1 aliphatic rings. The summed E-state index contributed by atoms with van der Waals surface area (Å²) in [7, 11) is 0. The largest absolute Gasteiger partial charge is 0.399 e. The van der Waals surface area contributed by atoms with Crippen LogP contribution in [0, 0.1) is 0 Å². The Morgan fingerprint density at radius 3 is 3.00 bits per heavy atom. The second kappa shape index (κ2) is 5.19. The fourth-order valence-electron chi connectivity index (χ4n) is 2.74. The average Bonchev–Trinajstić information content (AvgIpc) is 3.06. The van der Waals surface area contributed by atoms with Gasteiger partial charge in [0.1, 0.15) is 0 Å². The minimum atomic E-state index is 0.467. The third kappa shape index (κ3) is 2.38. The molecule has 2 heterocycles. The van der Waals surface area contributed by atoms with Crippen molar-refractivity contribution >= 4 is 11.4 Å². The van der Waals surface area contributed by atoms with Crippen LogP contribution < -0.4 is 10.6 Å². The quantitative estimate of drug-likeness (QED) is 0.869. The fourth-order valence-corrected chi connectivity index (χ4v) is 2.74. The van der Waals surface area contributed by atoms with Crippen LogP contribution in [-0.4, -0.2) is 16.3 Å². The van der Waals surface area contributed by atoms with E-state index >= 15 is 0 Å². The molecule has 0 bridgehead atoms. The zero-order valence-corrected chi connectivity index (χ0v) is 12.2. The topological polar surface area (TPSA) is 47.1 Å². The molecular weight excluding hydrogens is 248 g/mol. The van der Waals surface area contributed by atoms with E-state index in [-0.39, 0.29) is 0 Å². The number of aromatic nitrogens is 2. The first kappa shape index (κ1) is 13.0. The van der Waals surface area contributed by atoms with Crippen LogP contribution in [0.5, 0.6) is 0 Å². The lowest BCUT2D eigenvalue weighted by atomic mass is 10.1. The Morgan fingerprint density at radius 1 is 1.35 bits per heavy atom. The highest BCUT2D eigenvalue weighted by atomic mass is 15.3. The number of rotatable bonds is 4. The van der Waals surface area contributed by atoms with Crippen molar-refractivity contribution < 1.29 is 0 Å². The Bertz CT molecular complexity index is 602. The van der Waals surface area contributed by atoms with E-state index in [1.165, 1.54) is 11.3 Å². The zero-order chi connectivity index (χ0) is 14.1. The van der Waals surface area contributed by atoms with E-state index in [9.17, 15) is 0 Å². The summed E-state index contributed by atoms with van der Waals surface area (Å²) in [5, 5.41) is 4.69. The van der Waals surface area contributed by atoms with Gasteiger partial charge in [0.15, 0.2) is 0 Å². The van der Waals surface area contributed by atoms with Crippen LogP contribution in [0.15, 0.2) is 30.5 Å². The van der Waals surface area contributed by atoms with Gasteiger partial charge < -0.3 is 10.6 Å². The third-order valence-electron chi connectivity index (χ3n) is 4.15. The summed E-state index contributed by atoms with van der Waals surface area (Å²) in [6.45, 7) is 6.31. The maximum atomic E-state index is 5.85. The molecule has 0 saturated heterocycles. The van der Waals surface area contributed by atoms with Crippen LogP contribution in [0.25, 0.3) is 0 Å². The van der Waals surface area contributed by atoms with Crippen LogP contribution >= 0.6 is 0 Å². The van der Waals surface area contributed by atoms with E-state index in [0.29, 0.717) is 6.04 Å². The van der Waals surface area contributed by atoms with Gasteiger partial charge in [0.2, 0.25) is 0 Å². The van der Waals surface area contributed by atoms with Crippen molar-refractivity contribution in [3.8, 4) is 0 Å². The highest BCUT2D eigenvalue weighted by Crippen LogP contribution is 2.30. The molecule has 0 spiro atoms. The summed E-state index contributed by atoms with van der Waals surface area (Å²) in [6.07, 6.45) is 4.27. The molecule has 1 atom stereocenters. The van der Waals surface area contributed by atoms with Gasteiger partial charge in [0, 0.05) is 30.2 Å². The summed E-state index contributed by atoms with van der Waals surface area (Å²) in [5.41, 5.74) is 10.5. The van der Waals surface area contributed by atoms with Crippen molar-refractivity contribution in [2.75, 3.05) is 17.2 Å². The van der Waals surface area contributed by atoms with Gasteiger partial charge in [0.25, 0.3) is 0 Å². The van der Waals surface area contributed by atoms with Gasteiger partial charge in [-0.1, -0.05) is 6.92 Å². The Kier molecular flexibility index (Phi) is 3.38. The Morgan fingerprint density at radius 2 is 2.20 bits per heavy atom. The molecule has 4 heteroatoms. The van der Waals surface area contributed by atoms with Crippen LogP contribution in [0.3, 0.4) is 0 Å². The van der Waals surface area contributed by atoms with E-state index in [1.807, 2.05) is 6.07 Å². The number of hydrogen-bond acceptors (Lipinski definition) is 3. The van der Waals surface area contributed by atoms with Gasteiger partial charge in [-0.15, -0.1) is 0 Å². The molecule has 4 nitrogen and oxygen atoms in total. The summed E-state index contributed by atoms with van der Waals surface area (Å²) in [4.78, 5) is 2.39. The van der Waals surface area contributed by atoms with Crippen molar-refractivity contribution in [1.82, 2.24) is 9.78 Å². The van der Waals surface area contributed by atoms with Crippen LogP contribution in [-0.2, 0) is 13.0 Å². The number of nitrogens with two attached hydrogens (primary N) is 1. The predicted octanol–water partition coefficient (Wildman–Crippen LogP) is 3.00. The third-order valence-corrected chi connectivity index (χ3v) is 4.15. The lowest BCUT2D eigenvalue weighted by Crippen LogP contribution is -2.20. The number of nitrogen functional groups attached to an aromatic ring is 1. The number of anilines is 2. The summed E-state index contributed by atoms with van der Waals surface area (Å²) in [5.74, 6) is 0. The van der Waals surface area contributed by atoms with Gasteiger partial charge >= 0.3 is 0 Å². The maximum absolute atomic E-state index is 5.85. The number of benzene rings is 1. The summed E-state index contributed by atoms with van der Waals surface area (Å²) in [6, 6.07) is 8.79. The molecule has 0 fully saturated rings. The first-order valence-corrected chi connectivity index (χ1v) is 7.34. The molecule has 106 valence electrons. The van der Waals surface area contributed by atoms with Gasteiger partial charge in [-0.25, -0.2) is 0 Å². The van der Waals surface area contributed by atoms with Gasteiger partial charge in [-0.2, -0.15) is 5.10 Å². The van der Waals surface area contributed by atoms with Crippen molar-refractivity contribution in [1.29, 1.82) is 0 Å². The molecule has 0 saturated carbocycles. The first-order valence-electron chi connectivity index (χ1n) is 7.34. The molecule has 1 aromatic carbocycles. The number of fused-ring (bicyclic) bond motifs is 1. The van der Waals surface area contributed by atoms with E-state index < -0.39 is 0 Å². The Labute approximate surface area is 120 Å². The maximum Gasteiger partial charge on any atom is 0.0817 e. The van der Waals surface area contributed by atoms with Crippen molar-refractivity contribution in [3.63, 3.8) is 0 Å². The summed E-state index contributed by atoms with van der Waals surface area (Å²) >= 11 is 0. The normalized spacial score (nSPS) is 15.4. The van der Waals surface area contributed by atoms with Crippen molar-refractivity contribution in [3.05, 3.63) is 41.7 Å². The molecule has 20 heavy (non-hydrogen) atoms. The SMILES string of the molecule is CCC(C)n1ccc(CN2CCc3cc(N)ccc32)n1. The van der Waals surface area contributed by atoms with Gasteiger partial charge in [0.05, 0.1) is 12.2 Å². The van der Waals surface area contributed by atoms with E-state index in [4.69, 9.17) is 5.73 Å². The standard InChI is InChI=1S/C16H22N4/c1-3-12(2)20-9-7-15(18-20)11-19-8-6-13-10-14(17)4-5-16(13)19/h4-5,7,9-10,12H,3,6,8,11,17H2,1-2H3. The van der Waals surface area contributed by atoms with Gasteiger partial charge in [-0.05, 0) is 49.6 Å². The van der Waals surface area contributed by atoms with Crippen LogP contribution in [0.2, 0.25) is 0 Å². The average molecular weight is 270 g/mol. The molecule has 3 rings (SSSR count). The minimum absolute atomic E-state index is 0.467. The highest BCUT2D eigenvalue weighted by molar-refractivity contribution is 5.62. The molecular formula is C16H22N4. The molecule has 0 radical (unpaired) electrons. The molecule has 0 amide bonds. The Balaban J connectivity index is 1.75. The van der Waals surface area contributed by atoms with Crippen molar-refractivity contribution in [2.45, 2.75) is 39.3 Å². The highest BCUT2D eigenvalue weighted by Gasteiger charge is 2.20. The van der Waals surface area contributed by atoms with Crippen molar-refractivity contribution in [2.24, 2.45) is 0 Å². The lowest BCUT2D eigenvalue weighted by molar-refractivity contribution is 0.473. The number of hydrogen-bond donors (Lipinski definition) is 1. The second-order valence-corrected chi connectivity index (χ2v) is 5.60. The first-order chi connectivity index (χ1) is 9.67. The molecule has 0 aliphatic carbocycles. The zero-order valence-electron chi connectivity index (χ0n) is 12.2. The summed E-state index contributed by atoms with van der Waals surface area (Å²) < 4.78 is 2.06. The molecule has 1 aromatic heterocycles. The smallest absolute Gasteiger partial charge is 0.0817 e. The van der Waals surface area contributed by atoms with E-state index in [1.54, 1.807) is 0 Å². The minimum Gasteiger partial charge on any atom is -0.399 e. The van der Waals surface area contributed by atoms with Crippen LogP contribution in [0.4, 0.5) is 11.4 Å². The van der Waals surface area contributed by atoms with Gasteiger partial charge in [-0.3, -0.25) is 4.68 Å². The van der Waals surface area contributed by atoms with E-state index in [0.717, 1.165) is 37.3 Å². The molecule has 1 unspecified atom stereocenters. The Hall–Kier alpha value is -1.97.